The summed E-state index contributed by atoms with van der Waals surface area (Å²) < 4.78 is 16.1. The van der Waals surface area contributed by atoms with Crippen LogP contribution >= 0.6 is 0 Å². The summed E-state index contributed by atoms with van der Waals surface area (Å²) >= 11 is 0. The fraction of sp³-hybridized carbons (Fsp3) is 0.391. The molecule has 3 rings (SSSR count). The maximum absolute atomic E-state index is 13.3. The smallest absolute Gasteiger partial charge is 0.338 e. The van der Waals surface area contributed by atoms with E-state index in [4.69, 9.17) is 14.2 Å². The molecule has 1 fully saturated rings. The van der Waals surface area contributed by atoms with Gasteiger partial charge >= 0.3 is 11.9 Å². The Kier molecular flexibility index (Phi) is 6.03. The summed E-state index contributed by atoms with van der Waals surface area (Å²) in [5.41, 5.74) is -3.61. The van der Waals surface area contributed by atoms with E-state index in [1.54, 1.807) is 36.4 Å². The van der Waals surface area contributed by atoms with E-state index in [0.717, 1.165) is 7.11 Å². The van der Waals surface area contributed by atoms with Crippen molar-refractivity contribution in [3.8, 4) is 0 Å². The number of unbranched alkanes of at least 4 members (excludes halogenated alkanes) is 1. The molecule has 30 heavy (non-hydrogen) atoms. The molecule has 2 unspecified atom stereocenters. The highest BCUT2D eigenvalue weighted by atomic mass is 16.6. The molecular formula is C23H24O7. The molecule has 2 aliphatic heterocycles. The molecule has 158 valence electrons. The molecule has 0 aromatic heterocycles. The second kappa shape index (κ2) is 8.36. The van der Waals surface area contributed by atoms with Gasteiger partial charge in [-0.25, -0.2) is 9.59 Å². The second-order valence-electron chi connectivity index (χ2n) is 7.24. The number of Topliss-reactive ketones (excluding diaryl/α,β-unsaturated/α-hetero) is 2. The Morgan fingerprint density at radius 2 is 1.73 bits per heavy atom. The number of esters is 2. The molecule has 2 atom stereocenters. The zero-order chi connectivity index (χ0) is 21.9. The van der Waals surface area contributed by atoms with Crippen molar-refractivity contribution >= 4 is 23.5 Å². The third-order valence-electron chi connectivity index (χ3n) is 5.65. The lowest BCUT2D eigenvalue weighted by Gasteiger charge is -2.40. The molecular weight excluding hydrogens is 388 g/mol. The van der Waals surface area contributed by atoms with E-state index < -0.39 is 34.7 Å². The first-order valence-corrected chi connectivity index (χ1v) is 9.74. The van der Waals surface area contributed by atoms with Gasteiger partial charge in [-0.1, -0.05) is 36.4 Å². The number of hydrogen-bond donors (Lipinski definition) is 0. The quantitative estimate of drug-likeness (QED) is 0.280. The van der Waals surface area contributed by atoms with Crippen LogP contribution in [0.1, 0.15) is 37.7 Å². The molecule has 0 saturated carbocycles. The summed E-state index contributed by atoms with van der Waals surface area (Å²) in [5, 5.41) is 0. The van der Waals surface area contributed by atoms with Gasteiger partial charge in [-0.15, -0.1) is 6.58 Å². The van der Waals surface area contributed by atoms with Crippen molar-refractivity contribution in [2.45, 2.75) is 43.3 Å². The van der Waals surface area contributed by atoms with Gasteiger partial charge in [-0.2, -0.15) is 0 Å². The summed E-state index contributed by atoms with van der Waals surface area (Å²) in [6.07, 6.45) is 2.69. The van der Waals surface area contributed by atoms with Crippen LogP contribution in [0.5, 0.6) is 0 Å². The minimum absolute atomic E-state index is 0.0163. The van der Waals surface area contributed by atoms with Crippen LogP contribution in [0.15, 0.2) is 54.1 Å². The van der Waals surface area contributed by atoms with Gasteiger partial charge < -0.3 is 14.2 Å². The number of benzene rings is 1. The van der Waals surface area contributed by atoms with E-state index in [9.17, 15) is 19.2 Å². The van der Waals surface area contributed by atoms with E-state index in [0.29, 0.717) is 18.4 Å². The molecule has 2 heterocycles. The highest BCUT2D eigenvalue weighted by Gasteiger charge is 2.69. The summed E-state index contributed by atoms with van der Waals surface area (Å²) in [6, 6.07) is 8.75. The van der Waals surface area contributed by atoms with Gasteiger partial charge in [0.25, 0.3) is 0 Å². The Hall–Kier alpha value is -3.06. The molecule has 1 aromatic rings. The van der Waals surface area contributed by atoms with Crippen molar-refractivity contribution in [3.05, 3.63) is 59.7 Å². The topological polar surface area (TPSA) is 96.0 Å². The van der Waals surface area contributed by atoms with Gasteiger partial charge in [-0.05, 0) is 24.8 Å². The number of methoxy groups -OCH3 is 2. The third-order valence-corrected chi connectivity index (χ3v) is 5.65. The average Bonchev–Trinajstić information content (AvgIpc) is 3.05. The average molecular weight is 412 g/mol. The van der Waals surface area contributed by atoms with Crippen LogP contribution in [0.4, 0.5) is 0 Å². The minimum Gasteiger partial charge on any atom is -0.466 e. The van der Waals surface area contributed by atoms with Crippen molar-refractivity contribution in [2.75, 3.05) is 14.2 Å². The zero-order valence-electron chi connectivity index (χ0n) is 17.1. The molecule has 1 saturated heterocycles. The van der Waals surface area contributed by atoms with E-state index in [-0.39, 0.29) is 30.4 Å². The number of carbonyl (C=O) groups excluding carboxylic acids is 4. The fourth-order valence-electron chi connectivity index (χ4n) is 4.29. The predicted molar refractivity (Wildman–Crippen MR) is 106 cm³/mol. The third kappa shape index (κ3) is 3.10. The monoisotopic (exact) mass is 412 g/mol. The zero-order valence-corrected chi connectivity index (χ0v) is 17.1. The number of rotatable bonds is 8. The SMILES string of the molecule is C=CCCCC(=O)C12OC(c3ccccc3)(CCC1=O)C(C(=O)OC)=C2C(=O)OC. The van der Waals surface area contributed by atoms with Crippen LogP contribution in [0, 0.1) is 0 Å². The Balaban J connectivity index is 2.30. The Morgan fingerprint density at radius 1 is 1.10 bits per heavy atom. The van der Waals surface area contributed by atoms with Gasteiger partial charge in [0.05, 0.1) is 25.4 Å². The Labute approximate surface area is 174 Å². The molecule has 0 amide bonds. The van der Waals surface area contributed by atoms with Gasteiger partial charge in [0.2, 0.25) is 5.60 Å². The van der Waals surface area contributed by atoms with Crippen molar-refractivity contribution in [1.29, 1.82) is 0 Å². The van der Waals surface area contributed by atoms with E-state index in [1.807, 2.05) is 0 Å². The van der Waals surface area contributed by atoms with E-state index >= 15 is 0 Å². The number of allylic oxidation sites excluding steroid dienone is 1. The molecule has 0 radical (unpaired) electrons. The molecule has 0 aliphatic carbocycles. The van der Waals surface area contributed by atoms with Crippen molar-refractivity contribution in [1.82, 2.24) is 0 Å². The molecule has 7 nitrogen and oxygen atoms in total. The first-order valence-electron chi connectivity index (χ1n) is 9.74. The fourth-order valence-corrected chi connectivity index (χ4v) is 4.29. The van der Waals surface area contributed by atoms with E-state index in [1.165, 1.54) is 7.11 Å². The van der Waals surface area contributed by atoms with Gasteiger partial charge in [-0.3, -0.25) is 9.59 Å². The molecule has 2 bridgehead atoms. The number of hydrogen-bond acceptors (Lipinski definition) is 7. The Bertz CT molecular complexity index is 930. The molecule has 0 N–H and O–H groups in total. The summed E-state index contributed by atoms with van der Waals surface area (Å²) in [4.78, 5) is 52.3. The van der Waals surface area contributed by atoms with Crippen molar-refractivity contribution in [2.24, 2.45) is 0 Å². The first-order chi connectivity index (χ1) is 14.4. The highest BCUT2D eigenvalue weighted by Crippen LogP contribution is 2.56. The summed E-state index contributed by atoms with van der Waals surface area (Å²) in [5.74, 6) is -2.93. The standard InChI is InChI=1S/C23H24O7/c1-4-5-7-12-16(24)23-17(25)13-14-22(30-23,15-10-8-6-9-11-15)18(20(26)28-2)19(23)21(27)29-3/h4,6,8-11H,1,5,7,12-14H2,2-3H3. The van der Waals surface area contributed by atoms with Gasteiger partial charge in [0, 0.05) is 12.8 Å². The first kappa shape index (κ1) is 21.6. The summed E-state index contributed by atoms with van der Waals surface area (Å²) in [7, 11) is 2.30. The number of fused-ring (bicyclic) bond motifs is 2. The number of ether oxygens (including phenoxy) is 3. The molecule has 7 heteroatoms. The van der Waals surface area contributed by atoms with Crippen molar-refractivity contribution < 1.29 is 33.4 Å². The lowest BCUT2D eigenvalue weighted by molar-refractivity contribution is -0.178. The lowest BCUT2D eigenvalue weighted by Crippen LogP contribution is -2.55. The van der Waals surface area contributed by atoms with Crippen molar-refractivity contribution in [3.63, 3.8) is 0 Å². The molecule has 2 aliphatic rings. The van der Waals surface area contributed by atoms with Gasteiger partial charge in [0.1, 0.15) is 5.60 Å². The Morgan fingerprint density at radius 3 is 2.33 bits per heavy atom. The second-order valence-corrected chi connectivity index (χ2v) is 7.24. The van der Waals surface area contributed by atoms with Crippen LogP contribution < -0.4 is 0 Å². The van der Waals surface area contributed by atoms with Crippen LogP contribution in [-0.2, 0) is 39.0 Å². The van der Waals surface area contributed by atoms with Crippen LogP contribution in [0.25, 0.3) is 0 Å². The van der Waals surface area contributed by atoms with E-state index in [2.05, 4.69) is 6.58 Å². The predicted octanol–water partition coefficient (Wildman–Crippen LogP) is 2.58. The van der Waals surface area contributed by atoms with Gasteiger partial charge in [0.15, 0.2) is 11.6 Å². The lowest BCUT2D eigenvalue weighted by atomic mass is 9.80. The number of carbonyl (C=O) groups is 4. The summed E-state index contributed by atoms with van der Waals surface area (Å²) in [6.45, 7) is 3.63. The minimum atomic E-state index is -2.19. The molecule has 0 spiro atoms. The highest BCUT2D eigenvalue weighted by molar-refractivity contribution is 6.23. The normalized spacial score (nSPS) is 25.1. The van der Waals surface area contributed by atoms with Crippen LogP contribution in [0.3, 0.4) is 0 Å². The maximum atomic E-state index is 13.3. The maximum Gasteiger partial charge on any atom is 0.338 e. The van der Waals surface area contributed by atoms with Crippen LogP contribution in [0.2, 0.25) is 0 Å². The number of ketones is 2. The van der Waals surface area contributed by atoms with Crippen LogP contribution in [-0.4, -0.2) is 43.3 Å². The molecule has 1 aromatic carbocycles. The largest absolute Gasteiger partial charge is 0.466 e.